The highest BCUT2D eigenvalue weighted by Crippen LogP contribution is 2.16. The van der Waals surface area contributed by atoms with E-state index in [4.69, 9.17) is 0 Å². The summed E-state index contributed by atoms with van der Waals surface area (Å²) in [6, 6.07) is 0. The summed E-state index contributed by atoms with van der Waals surface area (Å²) in [6.45, 7) is 6.85. The van der Waals surface area contributed by atoms with E-state index in [-0.39, 0.29) is 29.9 Å². The van der Waals surface area contributed by atoms with Gasteiger partial charge < -0.3 is 0 Å². The summed E-state index contributed by atoms with van der Waals surface area (Å²) in [5.74, 6) is -0.168. The molecule has 0 aliphatic carbocycles. The first kappa shape index (κ1) is 12.6. The Morgan fingerprint density at radius 3 is 2.29 bits per heavy atom. The third kappa shape index (κ3) is 3.12. The van der Waals surface area contributed by atoms with Crippen LogP contribution in [0.5, 0.6) is 0 Å². The highest BCUT2D eigenvalue weighted by atomic mass is 16.6. The Kier molecular flexibility index (Phi) is 5.44. The molecule has 14 heavy (non-hydrogen) atoms. The van der Waals surface area contributed by atoms with Crippen LogP contribution in [0, 0.1) is 10.1 Å². The highest BCUT2D eigenvalue weighted by Gasteiger charge is 2.19. The molecule has 4 heteroatoms. The van der Waals surface area contributed by atoms with Gasteiger partial charge in [0.15, 0.2) is 5.78 Å². The Balaban J connectivity index is 5.18. The third-order valence-electron chi connectivity index (χ3n) is 1.91. The lowest BCUT2D eigenvalue weighted by Crippen LogP contribution is -2.09. The van der Waals surface area contributed by atoms with E-state index in [1.807, 2.05) is 0 Å². The van der Waals surface area contributed by atoms with Crippen LogP contribution >= 0.6 is 0 Å². The second-order valence-electron chi connectivity index (χ2n) is 2.81. The summed E-state index contributed by atoms with van der Waals surface area (Å²) in [7, 11) is 0. The third-order valence-corrected chi connectivity index (χ3v) is 1.91. The van der Waals surface area contributed by atoms with Gasteiger partial charge in [0.25, 0.3) is 5.70 Å². The van der Waals surface area contributed by atoms with Crippen LogP contribution < -0.4 is 0 Å². The summed E-state index contributed by atoms with van der Waals surface area (Å²) in [4.78, 5) is 21.5. The molecular formula is C10H15NO3. The minimum absolute atomic E-state index is 0.0109. The van der Waals surface area contributed by atoms with Gasteiger partial charge in [0.05, 0.1) is 10.5 Å². The Labute approximate surface area is 83.5 Å². The summed E-state index contributed by atoms with van der Waals surface area (Å²) < 4.78 is 0. The lowest BCUT2D eigenvalue weighted by atomic mass is 10.0. The number of carbonyl (C=O) groups excluding carboxylic acids is 1. The van der Waals surface area contributed by atoms with Crippen molar-refractivity contribution in [2.24, 2.45) is 0 Å². The number of nitrogens with zero attached hydrogens (tertiary/aromatic N) is 1. The SMILES string of the molecule is C=CC/C(C(=O)CC)=C(\CC)[N+](=O)[O-]. The van der Waals surface area contributed by atoms with Crippen LogP contribution in [-0.4, -0.2) is 10.7 Å². The lowest BCUT2D eigenvalue weighted by molar-refractivity contribution is -0.428. The molecule has 0 bridgehead atoms. The molecule has 0 saturated heterocycles. The maximum absolute atomic E-state index is 11.4. The molecule has 0 unspecified atom stereocenters. The average molecular weight is 197 g/mol. The van der Waals surface area contributed by atoms with Gasteiger partial charge in [-0.2, -0.15) is 0 Å². The van der Waals surface area contributed by atoms with Crippen molar-refractivity contribution in [3.05, 3.63) is 34.0 Å². The molecule has 0 saturated carbocycles. The second-order valence-corrected chi connectivity index (χ2v) is 2.81. The molecule has 0 heterocycles. The van der Waals surface area contributed by atoms with Crippen molar-refractivity contribution >= 4 is 5.78 Å². The van der Waals surface area contributed by atoms with Crippen molar-refractivity contribution in [1.82, 2.24) is 0 Å². The maximum Gasteiger partial charge on any atom is 0.252 e. The van der Waals surface area contributed by atoms with Gasteiger partial charge >= 0.3 is 0 Å². The molecule has 0 aromatic rings. The largest absolute Gasteiger partial charge is 0.294 e. The van der Waals surface area contributed by atoms with Crippen LogP contribution in [-0.2, 0) is 4.79 Å². The lowest BCUT2D eigenvalue weighted by Gasteiger charge is -2.03. The zero-order chi connectivity index (χ0) is 11.1. The van der Waals surface area contributed by atoms with Crippen LogP contribution in [0.15, 0.2) is 23.9 Å². The Hall–Kier alpha value is -1.45. The van der Waals surface area contributed by atoms with Gasteiger partial charge in [0.1, 0.15) is 0 Å². The van der Waals surface area contributed by atoms with Crippen molar-refractivity contribution in [1.29, 1.82) is 0 Å². The van der Waals surface area contributed by atoms with Crippen molar-refractivity contribution in [2.75, 3.05) is 0 Å². The van der Waals surface area contributed by atoms with Gasteiger partial charge in [-0.1, -0.05) is 19.9 Å². The van der Waals surface area contributed by atoms with Crippen LogP contribution in [0.3, 0.4) is 0 Å². The zero-order valence-electron chi connectivity index (χ0n) is 8.58. The van der Waals surface area contributed by atoms with E-state index >= 15 is 0 Å². The number of ketones is 1. The van der Waals surface area contributed by atoms with E-state index in [1.165, 1.54) is 6.08 Å². The second kappa shape index (κ2) is 6.07. The van der Waals surface area contributed by atoms with Crippen molar-refractivity contribution in [2.45, 2.75) is 33.1 Å². The van der Waals surface area contributed by atoms with Crippen molar-refractivity contribution < 1.29 is 9.72 Å². The van der Waals surface area contributed by atoms with Crippen molar-refractivity contribution in [3.8, 4) is 0 Å². The molecule has 0 aliphatic rings. The topological polar surface area (TPSA) is 60.2 Å². The zero-order valence-corrected chi connectivity index (χ0v) is 8.58. The van der Waals surface area contributed by atoms with Crippen molar-refractivity contribution in [3.63, 3.8) is 0 Å². The number of carbonyl (C=O) groups is 1. The maximum atomic E-state index is 11.4. The molecular weight excluding hydrogens is 182 g/mol. The van der Waals surface area contributed by atoms with Gasteiger partial charge in [-0.25, -0.2) is 0 Å². The van der Waals surface area contributed by atoms with Crippen LogP contribution in [0.1, 0.15) is 33.1 Å². The summed E-state index contributed by atoms with van der Waals surface area (Å²) in [6.07, 6.45) is 2.35. The molecule has 0 atom stereocenters. The predicted octanol–water partition coefficient (Wildman–Crippen LogP) is 2.48. The first-order chi connectivity index (χ1) is 6.58. The molecule has 0 aliphatic heterocycles. The molecule has 0 rings (SSSR count). The van der Waals surface area contributed by atoms with Gasteiger partial charge in [0.2, 0.25) is 0 Å². The van der Waals surface area contributed by atoms with E-state index < -0.39 is 4.92 Å². The fourth-order valence-electron chi connectivity index (χ4n) is 1.20. The molecule has 4 nitrogen and oxygen atoms in total. The highest BCUT2D eigenvalue weighted by molar-refractivity contribution is 5.95. The van der Waals surface area contributed by atoms with E-state index in [0.717, 1.165) is 0 Å². The van der Waals surface area contributed by atoms with Gasteiger partial charge in [0, 0.05) is 19.3 Å². The Morgan fingerprint density at radius 2 is 2.00 bits per heavy atom. The summed E-state index contributed by atoms with van der Waals surface area (Å²) in [5, 5.41) is 10.6. The molecule has 0 aromatic heterocycles. The number of Topliss-reactive ketones (excluding diaryl/α,β-unsaturated/α-hetero) is 1. The average Bonchev–Trinajstić information content (AvgIpc) is 2.16. The minimum atomic E-state index is -0.480. The van der Waals surface area contributed by atoms with E-state index in [0.29, 0.717) is 6.42 Å². The monoisotopic (exact) mass is 197 g/mol. The van der Waals surface area contributed by atoms with E-state index in [1.54, 1.807) is 13.8 Å². The summed E-state index contributed by atoms with van der Waals surface area (Å²) in [5.41, 5.74) is 0.298. The van der Waals surface area contributed by atoms with Crippen LogP contribution in [0.25, 0.3) is 0 Å². The quantitative estimate of drug-likeness (QED) is 0.284. The fourth-order valence-corrected chi connectivity index (χ4v) is 1.20. The first-order valence-corrected chi connectivity index (χ1v) is 4.58. The predicted molar refractivity (Wildman–Crippen MR) is 54.4 cm³/mol. The number of hydrogen-bond donors (Lipinski definition) is 0. The molecule has 0 amide bonds. The minimum Gasteiger partial charge on any atom is -0.294 e. The molecule has 78 valence electrons. The smallest absolute Gasteiger partial charge is 0.252 e. The number of nitro groups is 1. The molecule has 0 radical (unpaired) electrons. The molecule has 0 N–H and O–H groups in total. The van der Waals surface area contributed by atoms with Gasteiger partial charge in [-0.3, -0.25) is 14.9 Å². The number of allylic oxidation sites excluding steroid dienone is 3. The Bertz CT molecular complexity index is 279. The molecule has 0 fully saturated rings. The fraction of sp³-hybridized carbons (Fsp3) is 0.500. The number of hydrogen-bond acceptors (Lipinski definition) is 3. The van der Waals surface area contributed by atoms with Crippen LogP contribution in [0.2, 0.25) is 0 Å². The standard InChI is InChI=1S/C10H15NO3/c1-4-7-8(10(12)6-3)9(5-2)11(13)14/h4H,1,5-7H2,2-3H3/b9-8-. The van der Waals surface area contributed by atoms with Gasteiger partial charge in [-0.05, 0) is 0 Å². The summed E-state index contributed by atoms with van der Waals surface area (Å²) >= 11 is 0. The van der Waals surface area contributed by atoms with E-state index in [2.05, 4.69) is 6.58 Å². The normalized spacial score (nSPS) is 11.9. The van der Waals surface area contributed by atoms with Gasteiger partial charge in [-0.15, -0.1) is 6.58 Å². The molecule has 0 aromatic carbocycles. The first-order valence-electron chi connectivity index (χ1n) is 4.58. The van der Waals surface area contributed by atoms with Crippen LogP contribution in [0.4, 0.5) is 0 Å². The number of rotatable bonds is 6. The molecule has 0 spiro atoms. The van der Waals surface area contributed by atoms with E-state index in [9.17, 15) is 14.9 Å². The Morgan fingerprint density at radius 1 is 1.43 bits per heavy atom.